The number of nitrogens with zero attached hydrogens (tertiary/aromatic N) is 1. The molecule has 1 heterocycles. The van der Waals surface area contributed by atoms with Crippen molar-refractivity contribution in [2.24, 2.45) is 4.99 Å². The molecule has 0 bridgehead atoms. The lowest BCUT2D eigenvalue weighted by Crippen LogP contribution is -2.23. The van der Waals surface area contributed by atoms with E-state index >= 15 is 0 Å². The molecule has 0 radical (unpaired) electrons. The minimum atomic E-state index is 0.304. The lowest BCUT2D eigenvalue weighted by molar-refractivity contribution is 0.473. The van der Waals surface area contributed by atoms with E-state index in [1.807, 2.05) is 6.21 Å². The summed E-state index contributed by atoms with van der Waals surface area (Å²) in [6.07, 6.45) is 4.29. The van der Waals surface area contributed by atoms with Crippen LogP contribution in [-0.4, -0.2) is 6.21 Å². The molecule has 1 nitrogen and oxygen atoms in total. The number of fused-ring (bicyclic) bond motifs is 1. The molecule has 1 heteroatoms. The minimum absolute atomic E-state index is 0.304. The summed E-state index contributed by atoms with van der Waals surface area (Å²) >= 11 is 0. The molecule has 13 heavy (non-hydrogen) atoms. The first-order valence-corrected chi connectivity index (χ1v) is 4.88. The predicted octanol–water partition coefficient (Wildman–Crippen LogP) is 3.46. The maximum absolute atomic E-state index is 4.41. The van der Waals surface area contributed by atoms with Crippen molar-refractivity contribution in [1.29, 1.82) is 0 Å². The predicted molar refractivity (Wildman–Crippen MR) is 56.9 cm³/mol. The highest BCUT2D eigenvalue weighted by Gasteiger charge is 2.28. The van der Waals surface area contributed by atoms with Gasteiger partial charge in [0, 0.05) is 6.21 Å². The summed E-state index contributed by atoms with van der Waals surface area (Å²) in [7, 11) is 0. The number of para-hydroxylation sites is 1. The largest absolute Gasteiger partial charge is 0.261 e. The summed E-state index contributed by atoms with van der Waals surface area (Å²) in [5.41, 5.74) is 2.86. The van der Waals surface area contributed by atoms with Gasteiger partial charge in [0.1, 0.15) is 0 Å². The SMILES string of the molecule is CCC1(C)CC=Nc2ccccc21. The fourth-order valence-electron chi connectivity index (χ4n) is 1.89. The Hall–Kier alpha value is -1.11. The third-order valence-electron chi connectivity index (χ3n) is 3.11. The van der Waals surface area contributed by atoms with Crippen molar-refractivity contribution in [2.75, 3.05) is 0 Å². The van der Waals surface area contributed by atoms with Gasteiger partial charge in [-0.2, -0.15) is 0 Å². The van der Waals surface area contributed by atoms with Gasteiger partial charge in [0.25, 0.3) is 0 Å². The number of aliphatic imine (C=N–C) groups is 1. The number of benzene rings is 1. The summed E-state index contributed by atoms with van der Waals surface area (Å²) in [6, 6.07) is 8.46. The molecule has 0 saturated carbocycles. The highest BCUT2D eigenvalue weighted by Crippen LogP contribution is 2.39. The zero-order chi connectivity index (χ0) is 9.31. The van der Waals surface area contributed by atoms with Crippen molar-refractivity contribution in [3.05, 3.63) is 29.8 Å². The molecule has 1 aromatic rings. The van der Waals surface area contributed by atoms with Crippen LogP contribution in [0.2, 0.25) is 0 Å². The van der Waals surface area contributed by atoms with Crippen molar-refractivity contribution in [3.8, 4) is 0 Å². The van der Waals surface area contributed by atoms with Gasteiger partial charge >= 0.3 is 0 Å². The Morgan fingerprint density at radius 3 is 2.92 bits per heavy atom. The number of hydrogen-bond acceptors (Lipinski definition) is 1. The number of hydrogen-bond donors (Lipinski definition) is 0. The van der Waals surface area contributed by atoms with Crippen molar-refractivity contribution >= 4 is 11.9 Å². The molecule has 0 saturated heterocycles. The van der Waals surface area contributed by atoms with E-state index < -0.39 is 0 Å². The van der Waals surface area contributed by atoms with Crippen molar-refractivity contribution in [2.45, 2.75) is 32.1 Å². The topological polar surface area (TPSA) is 12.4 Å². The standard InChI is InChI=1S/C12H15N/c1-3-12(2)8-9-13-11-7-5-4-6-10(11)12/h4-7,9H,3,8H2,1-2H3. The normalized spacial score (nSPS) is 25.7. The van der Waals surface area contributed by atoms with Gasteiger partial charge in [-0.1, -0.05) is 32.0 Å². The Morgan fingerprint density at radius 2 is 2.15 bits per heavy atom. The molecule has 0 N–H and O–H groups in total. The van der Waals surface area contributed by atoms with Gasteiger partial charge < -0.3 is 0 Å². The van der Waals surface area contributed by atoms with E-state index in [0.29, 0.717) is 5.41 Å². The van der Waals surface area contributed by atoms with Crippen molar-refractivity contribution in [3.63, 3.8) is 0 Å². The van der Waals surface area contributed by atoms with Crippen LogP contribution in [0, 0.1) is 0 Å². The molecule has 2 rings (SSSR count). The van der Waals surface area contributed by atoms with Crippen LogP contribution < -0.4 is 0 Å². The zero-order valence-electron chi connectivity index (χ0n) is 8.25. The van der Waals surface area contributed by atoms with Crippen LogP contribution in [0.25, 0.3) is 0 Å². The molecule has 1 atom stereocenters. The van der Waals surface area contributed by atoms with Crippen LogP contribution in [0.4, 0.5) is 5.69 Å². The molecule has 1 aromatic carbocycles. The third-order valence-corrected chi connectivity index (χ3v) is 3.11. The summed E-state index contributed by atoms with van der Waals surface area (Å²) in [5.74, 6) is 0. The van der Waals surface area contributed by atoms with Crippen molar-refractivity contribution in [1.82, 2.24) is 0 Å². The fraction of sp³-hybridized carbons (Fsp3) is 0.417. The van der Waals surface area contributed by atoms with Crippen molar-refractivity contribution < 1.29 is 0 Å². The first kappa shape index (κ1) is 8.49. The monoisotopic (exact) mass is 173 g/mol. The Kier molecular flexibility index (Phi) is 1.95. The van der Waals surface area contributed by atoms with Crippen LogP contribution in [0.5, 0.6) is 0 Å². The van der Waals surface area contributed by atoms with Crippen LogP contribution >= 0.6 is 0 Å². The van der Waals surface area contributed by atoms with Gasteiger partial charge in [0.05, 0.1) is 5.69 Å². The summed E-state index contributed by atoms with van der Waals surface area (Å²) < 4.78 is 0. The molecule has 1 unspecified atom stereocenters. The smallest absolute Gasteiger partial charge is 0.0663 e. The Labute approximate surface area is 79.5 Å². The van der Waals surface area contributed by atoms with Gasteiger partial charge in [-0.05, 0) is 29.9 Å². The van der Waals surface area contributed by atoms with Crippen LogP contribution in [0.3, 0.4) is 0 Å². The summed E-state index contributed by atoms with van der Waals surface area (Å²) in [5, 5.41) is 0. The molecule has 0 fully saturated rings. The van der Waals surface area contributed by atoms with Gasteiger partial charge in [-0.3, -0.25) is 4.99 Å². The lowest BCUT2D eigenvalue weighted by atomic mass is 9.75. The Balaban J connectivity index is 2.55. The molecule has 0 aromatic heterocycles. The Bertz CT molecular complexity index is 341. The maximum Gasteiger partial charge on any atom is 0.0663 e. The molecule has 0 spiro atoms. The van der Waals surface area contributed by atoms with Gasteiger partial charge in [-0.15, -0.1) is 0 Å². The average Bonchev–Trinajstić information content (AvgIpc) is 2.19. The van der Waals surface area contributed by atoms with Gasteiger partial charge in [-0.25, -0.2) is 0 Å². The van der Waals surface area contributed by atoms with E-state index in [2.05, 4.69) is 43.1 Å². The van der Waals surface area contributed by atoms with Crippen LogP contribution in [-0.2, 0) is 5.41 Å². The molecule has 0 aliphatic carbocycles. The molecule has 0 amide bonds. The third kappa shape index (κ3) is 1.28. The first-order valence-electron chi connectivity index (χ1n) is 4.88. The summed E-state index contributed by atoms with van der Waals surface area (Å²) in [4.78, 5) is 4.41. The van der Waals surface area contributed by atoms with Crippen LogP contribution in [0.15, 0.2) is 29.3 Å². The van der Waals surface area contributed by atoms with E-state index in [-0.39, 0.29) is 0 Å². The second-order valence-electron chi connectivity index (χ2n) is 3.95. The van der Waals surface area contributed by atoms with E-state index in [1.54, 1.807) is 0 Å². The fourth-order valence-corrected chi connectivity index (χ4v) is 1.89. The van der Waals surface area contributed by atoms with E-state index in [0.717, 1.165) is 12.1 Å². The molecule has 68 valence electrons. The second-order valence-corrected chi connectivity index (χ2v) is 3.95. The molecular weight excluding hydrogens is 158 g/mol. The average molecular weight is 173 g/mol. The Morgan fingerprint density at radius 1 is 1.38 bits per heavy atom. The number of rotatable bonds is 1. The second kappa shape index (κ2) is 2.99. The molecule has 1 aliphatic rings. The summed E-state index contributed by atoms with van der Waals surface area (Å²) in [6.45, 7) is 4.56. The highest BCUT2D eigenvalue weighted by molar-refractivity contribution is 5.71. The van der Waals surface area contributed by atoms with Crippen LogP contribution in [0.1, 0.15) is 32.3 Å². The quantitative estimate of drug-likeness (QED) is 0.616. The maximum atomic E-state index is 4.41. The highest BCUT2D eigenvalue weighted by atomic mass is 14.7. The van der Waals surface area contributed by atoms with E-state index in [4.69, 9.17) is 0 Å². The minimum Gasteiger partial charge on any atom is -0.261 e. The molecular formula is C12H15N. The van der Waals surface area contributed by atoms with E-state index in [9.17, 15) is 0 Å². The first-order chi connectivity index (χ1) is 6.26. The van der Waals surface area contributed by atoms with E-state index in [1.165, 1.54) is 12.0 Å². The molecule has 1 aliphatic heterocycles. The van der Waals surface area contributed by atoms with Gasteiger partial charge in [0.15, 0.2) is 0 Å². The lowest BCUT2D eigenvalue weighted by Gasteiger charge is -2.31. The van der Waals surface area contributed by atoms with Gasteiger partial charge in [0.2, 0.25) is 0 Å². The zero-order valence-corrected chi connectivity index (χ0v) is 8.25.